The first-order valence-corrected chi connectivity index (χ1v) is 14.9. The van der Waals surface area contributed by atoms with Gasteiger partial charge in [0.1, 0.15) is 12.2 Å². The second-order valence-electron chi connectivity index (χ2n) is 10.4. The van der Waals surface area contributed by atoms with Crippen LogP contribution < -0.4 is 0 Å². The average Bonchev–Trinajstić information content (AvgIpc) is 3.34. The quantitative estimate of drug-likeness (QED) is 0.237. The molecule has 2 fully saturated rings. The van der Waals surface area contributed by atoms with Crippen molar-refractivity contribution in [2.24, 2.45) is 0 Å². The van der Waals surface area contributed by atoms with E-state index in [2.05, 4.69) is 34.7 Å². The van der Waals surface area contributed by atoms with Crippen LogP contribution in [0.2, 0.25) is 0 Å². The van der Waals surface area contributed by atoms with Crippen LogP contribution >= 0.6 is 22.6 Å². The lowest BCUT2D eigenvalue weighted by molar-refractivity contribution is -0.152. The summed E-state index contributed by atoms with van der Waals surface area (Å²) in [6.07, 6.45) is 1.53. The average molecular weight is 643 g/mol. The smallest absolute Gasteiger partial charge is 0.163 e. The van der Waals surface area contributed by atoms with Crippen molar-refractivity contribution in [2.75, 3.05) is 24.2 Å². The second kappa shape index (κ2) is 15.6. The van der Waals surface area contributed by atoms with Crippen LogP contribution in [-0.2, 0) is 41.6 Å². The Morgan fingerprint density at radius 1 is 0.658 bits per heavy atom. The zero-order valence-electron chi connectivity index (χ0n) is 23.0. The Bertz CT molecular complexity index is 834. The minimum Gasteiger partial charge on any atom is -0.396 e. The molecule has 2 saturated heterocycles. The molecule has 8 heteroatoms. The van der Waals surface area contributed by atoms with Gasteiger partial charge < -0.3 is 33.5 Å². The molecule has 0 aliphatic carbocycles. The number of aliphatic hydroxyl groups is 1. The first kappa shape index (κ1) is 31.4. The van der Waals surface area contributed by atoms with Crippen LogP contribution in [0.1, 0.15) is 51.7 Å². The Morgan fingerprint density at radius 3 is 1.45 bits per heavy atom. The lowest BCUT2D eigenvalue weighted by Crippen LogP contribution is -2.28. The minimum absolute atomic E-state index is 0.0356. The van der Waals surface area contributed by atoms with Gasteiger partial charge >= 0.3 is 0 Å². The summed E-state index contributed by atoms with van der Waals surface area (Å²) in [4.78, 5) is 0. The summed E-state index contributed by atoms with van der Waals surface area (Å²) >= 11 is 2.37. The van der Waals surface area contributed by atoms with Gasteiger partial charge in [0.15, 0.2) is 11.6 Å². The molecule has 212 valence electrons. The van der Waals surface area contributed by atoms with Crippen LogP contribution in [0, 0.1) is 0 Å². The van der Waals surface area contributed by atoms with Crippen molar-refractivity contribution in [3.8, 4) is 0 Å². The number of aliphatic hydroxyl groups excluding tert-OH is 1. The Hall–Kier alpha value is -1.11. The molecule has 0 amide bonds. The normalized spacial score (nSPS) is 25.6. The fourth-order valence-electron chi connectivity index (χ4n) is 4.56. The van der Waals surface area contributed by atoms with Gasteiger partial charge in [-0.15, -0.1) is 0 Å². The molecule has 4 rings (SSSR count). The number of rotatable bonds is 12. The van der Waals surface area contributed by atoms with Gasteiger partial charge in [0.25, 0.3) is 0 Å². The van der Waals surface area contributed by atoms with Crippen LogP contribution in [-0.4, -0.2) is 65.3 Å². The standard InChI is InChI=1S/C15H21IO3.C15H22O4/c2*1-15(2)18-13(8-9-16)14(19-15)11-17-10-12-6-4-3-5-7-12/h3-7,13-14H,8-11H2,1-2H3;3-7,13-14,16H,8-11H2,1-2H3/t2*13-,14+/m00/s1. The van der Waals surface area contributed by atoms with Crippen molar-refractivity contribution in [1.82, 2.24) is 0 Å². The summed E-state index contributed by atoms with van der Waals surface area (Å²) in [6.45, 7) is 10.0. The molecule has 2 aromatic rings. The molecular formula is C30H43IO7. The van der Waals surface area contributed by atoms with Crippen molar-refractivity contribution in [3.05, 3.63) is 71.8 Å². The molecule has 38 heavy (non-hydrogen) atoms. The third kappa shape index (κ3) is 10.8. The van der Waals surface area contributed by atoms with Crippen LogP contribution in [0.25, 0.3) is 0 Å². The number of ether oxygens (including phenoxy) is 6. The lowest BCUT2D eigenvalue weighted by atomic mass is 10.1. The first-order chi connectivity index (χ1) is 18.2. The molecule has 0 bridgehead atoms. The van der Waals surface area contributed by atoms with Gasteiger partial charge in [-0.05, 0) is 51.7 Å². The van der Waals surface area contributed by atoms with Crippen LogP contribution in [0.15, 0.2) is 60.7 Å². The van der Waals surface area contributed by atoms with Gasteiger partial charge in [0.05, 0.1) is 38.6 Å². The summed E-state index contributed by atoms with van der Waals surface area (Å²) in [5.74, 6) is -1.09. The van der Waals surface area contributed by atoms with E-state index in [9.17, 15) is 0 Å². The van der Waals surface area contributed by atoms with Crippen molar-refractivity contribution in [3.63, 3.8) is 0 Å². The van der Waals surface area contributed by atoms with E-state index in [1.807, 2.05) is 76.2 Å². The van der Waals surface area contributed by atoms with Crippen LogP contribution in [0.4, 0.5) is 0 Å². The Kier molecular flexibility index (Phi) is 12.9. The fourth-order valence-corrected chi connectivity index (χ4v) is 5.17. The van der Waals surface area contributed by atoms with E-state index in [1.54, 1.807) is 0 Å². The van der Waals surface area contributed by atoms with Crippen LogP contribution in [0.5, 0.6) is 0 Å². The highest BCUT2D eigenvalue weighted by molar-refractivity contribution is 14.1. The summed E-state index contributed by atoms with van der Waals surface area (Å²) in [5, 5.41) is 9.04. The minimum atomic E-state index is -0.597. The van der Waals surface area contributed by atoms with Gasteiger partial charge in [-0.25, -0.2) is 0 Å². The Balaban J connectivity index is 0.000000211. The molecule has 0 saturated carbocycles. The van der Waals surface area contributed by atoms with Gasteiger partial charge in [0, 0.05) is 11.0 Å². The van der Waals surface area contributed by atoms with E-state index in [0.717, 1.165) is 16.4 Å². The molecule has 2 heterocycles. The zero-order valence-corrected chi connectivity index (χ0v) is 25.2. The maximum atomic E-state index is 9.04. The van der Waals surface area contributed by atoms with E-state index in [4.69, 9.17) is 33.5 Å². The highest BCUT2D eigenvalue weighted by Crippen LogP contribution is 2.31. The van der Waals surface area contributed by atoms with Gasteiger partial charge in [-0.3, -0.25) is 0 Å². The van der Waals surface area contributed by atoms with E-state index < -0.39 is 11.6 Å². The Morgan fingerprint density at radius 2 is 1.05 bits per heavy atom. The van der Waals surface area contributed by atoms with Crippen LogP contribution in [0.3, 0.4) is 0 Å². The molecule has 0 radical (unpaired) electrons. The molecule has 0 spiro atoms. The van der Waals surface area contributed by atoms with Crippen molar-refractivity contribution < 1.29 is 33.5 Å². The van der Waals surface area contributed by atoms with E-state index in [0.29, 0.717) is 32.8 Å². The molecule has 2 aromatic carbocycles. The molecule has 0 unspecified atom stereocenters. The molecule has 2 aliphatic rings. The van der Waals surface area contributed by atoms with Gasteiger partial charge in [-0.2, -0.15) is 0 Å². The number of hydrogen-bond donors (Lipinski definition) is 1. The maximum Gasteiger partial charge on any atom is 0.163 e. The monoisotopic (exact) mass is 642 g/mol. The lowest BCUT2D eigenvalue weighted by Gasteiger charge is -2.17. The number of halogens is 1. The maximum absolute atomic E-state index is 9.04. The van der Waals surface area contributed by atoms with E-state index in [1.165, 1.54) is 5.56 Å². The predicted molar refractivity (Wildman–Crippen MR) is 155 cm³/mol. The van der Waals surface area contributed by atoms with Crippen molar-refractivity contribution in [2.45, 2.75) is 89.7 Å². The molecule has 4 atom stereocenters. The molecule has 0 aromatic heterocycles. The molecule has 2 aliphatic heterocycles. The SMILES string of the molecule is CC1(C)O[C@@H](CCI)[C@@H](COCc2ccccc2)O1.CC1(C)O[C@@H](CCO)[C@@H](COCc2ccccc2)O1. The highest BCUT2D eigenvalue weighted by atomic mass is 127. The highest BCUT2D eigenvalue weighted by Gasteiger charge is 2.41. The second-order valence-corrected chi connectivity index (χ2v) is 11.5. The first-order valence-electron chi connectivity index (χ1n) is 13.3. The van der Waals surface area contributed by atoms with Crippen molar-refractivity contribution in [1.29, 1.82) is 0 Å². The zero-order chi connectivity index (χ0) is 27.4. The summed E-state index contributed by atoms with van der Waals surface area (Å²) in [6, 6.07) is 20.2. The number of benzene rings is 2. The number of alkyl halides is 1. The number of hydrogen-bond acceptors (Lipinski definition) is 7. The van der Waals surface area contributed by atoms with Crippen molar-refractivity contribution >= 4 is 22.6 Å². The summed E-state index contributed by atoms with van der Waals surface area (Å²) < 4.78 is 35.9. The Labute approximate surface area is 241 Å². The predicted octanol–water partition coefficient (Wildman–Crippen LogP) is 5.65. The van der Waals surface area contributed by atoms with E-state index >= 15 is 0 Å². The summed E-state index contributed by atoms with van der Waals surface area (Å²) in [7, 11) is 0. The van der Waals surface area contributed by atoms with E-state index in [-0.39, 0.29) is 31.0 Å². The van der Waals surface area contributed by atoms with Gasteiger partial charge in [0.2, 0.25) is 0 Å². The third-order valence-electron chi connectivity index (χ3n) is 6.16. The third-order valence-corrected chi connectivity index (χ3v) is 6.79. The molecule has 1 N–H and O–H groups in total. The fraction of sp³-hybridized carbons (Fsp3) is 0.600. The summed E-state index contributed by atoms with van der Waals surface area (Å²) in [5.41, 5.74) is 2.32. The largest absolute Gasteiger partial charge is 0.396 e. The molecule has 7 nitrogen and oxygen atoms in total. The molecular weight excluding hydrogens is 599 g/mol. The van der Waals surface area contributed by atoms with Gasteiger partial charge in [-0.1, -0.05) is 83.3 Å². The topological polar surface area (TPSA) is 75.6 Å².